The Hall–Kier alpha value is -0.560. The van der Waals surface area contributed by atoms with E-state index >= 15 is 0 Å². The van der Waals surface area contributed by atoms with E-state index in [1.54, 1.807) is 0 Å². The van der Waals surface area contributed by atoms with Crippen molar-refractivity contribution in [3.05, 3.63) is 24.3 Å². The highest BCUT2D eigenvalue weighted by molar-refractivity contribution is 4.94. The fourth-order valence-corrected chi connectivity index (χ4v) is 1.47. The van der Waals surface area contributed by atoms with Crippen molar-refractivity contribution in [2.24, 2.45) is 0 Å². The van der Waals surface area contributed by atoms with Gasteiger partial charge < -0.3 is 5.32 Å². The van der Waals surface area contributed by atoms with Crippen LogP contribution in [0.3, 0.4) is 0 Å². The third-order valence-electron chi connectivity index (χ3n) is 2.25. The highest BCUT2D eigenvalue weighted by atomic mass is 14.9. The van der Waals surface area contributed by atoms with E-state index in [1.807, 2.05) is 0 Å². The first-order valence-electron chi connectivity index (χ1n) is 4.82. The molecule has 0 radical (unpaired) electrons. The van der Waals surface area contributed by atoms with Crippen LogP contribution in [0.1, 0.15) is 32.6 Å². The summed E-state index contributed by atoms with van der Waals surface area (Å²) in [7, 11) is 0. The van der Waals surface area contributed by atoms with Gasteiger partial charge in [0, 0.05) is 6.04 Å². The van der Waals surface area contributed by atoms with Gasteiger partial charge in [-0.1, -0.05) is 17.7 Å². The van der Waals surface area contributed by atoms with Crippen molar-refractivity contribution in [2.75, 3.05) is 6.54 Å². The van der Waals surface area contributed by atoms with Gasteiger partial charge in [0.15, 0.2) is 0 Å². The standard InChI is InChI=1S/C11H19N/c1-10(2)8-9-12-11-6-4-3-5-7-11/h3-4,11-12H,1,5-9H2,2H3. The second-order valence-electron chi connectivity index (χ2n) is 3.64. The van der Waals surface area contributed by atoms with E-state index in [4.69, 9.17) is 0 Å². The van der Waals surface area contributed by atoms with Gasteiger partial charge in [-0.05, 0) is 39.2 Å². The Morgan fingerprint density at radius 1 is 1.58 bits per heavy atom. The molecule has 0 fully saturated rings. The molecule has 0 amide bonds. The van der Waals surface area contributed by atoms with Crippen LogP contribution in [0.25, 0.3) is 0 Å². The van der Waals surface area contributed by atoms with Crippen molar-refractivity contribution in [2.45, 2.75) is 38.6 Å². The minimum atomic E-state index is 0.717. The van der Waals surface area contributed by atoms with E-state index in [2.05, 4.69) is 31.0 Å². The maximum Gasteiger partial charge on any atom is 0.0105 e. The molecule has 12 heavy (non-hydrogen) atoms. The van der Waals surface area contributed by atoms with Gasteiger partial charge >= 0.3 is 0 Å². The molecule has 1 rings (SSSR count). The molecule has 1 heteroatoms. The fourth-order valence-electron chi connectivity index (χ4n) is 1.47. The molecule has 1 N–H and O–H groups in total. The van der Waals surface area contributed by atoms with E-state index in [0.717, 1.165) is 13.0 Å². The third kappa shape index (κ3) is 3.72. The monoisotopic (exact) mass is 165 g/mol. The lowest BCUT2D eigenvalue weighted by Gasteiger charge is -2.19. The molecular weight excluding hydrogens is 146 g/mol. The zero-order chi connectivity index (χ0) is 8.81. The largest absolute Gasteiger partial charge is 0.313 e. The molecule has 1 unspecified atom stereocenters. The predicted octanol–water partition coefficient (Wildman–Crippen LogP) is 2.65. The Morgan fingerprint density at radius 3 is 3.00 bits per heavy atom. The summed E-state index contributed by atoms with van der Waals surface area (Å²) in [4.78, 5) is 0. The van der Waals surface area contributed by atoms with Crippen molar-refractivity contribution in [3.8, 4) is 0 Å². The minimum Gasteiger partial charge on any atom is -0.313 e. The van der Waals surface area contributed by atoms with Crippen LogP contribution in [0, 0.1) is 0 Å². The van der Waals surface area contributed by atoms with E-state index in [1.165, 1.54) is 24.8 Å². The molecule has 0 aromatic heterocycles. The quantitative estimate of drug-likeness (QED) is 0.631. The zero-order valence-corrected chi connectivity index (χ0v) is 7.97. The molecule has 1 aliphatic carbocycles. The maximum absolute atomic E-state index is 3.88. The summed E-state index contributed by atoms with van der Waals surface area (Å²) in [6.45, 7) is 7.06. The Morgan fingerprint density at radius 2 is 2.42 bits per heavy atom. The van der Waals surface area contributed by atoms with Crippen molar-refractivity contribution in [1.82, 2.24) is 5.32 Å². The predicted molar refractivity (Wildman–Crippen MR) is 54.2 cm³/mol. The molecule has 0 aromatic carbocycles. The Balaban J connectivity index is 2.06. The van der Waals surface area contributed by atoms with Crippen LogP contribution in [-0.2, 0) is 0 Å². The van der Waals surface area contributed by atoms with Crippen LogP contribution in [0.5, 0.6) is 0 Å². The van der Waals surface area contributed by atoms with Crippen LogP contribution in [0.4, 0.5) is 0 Å². The zero-order valence-electron chi connectivity index (χ0n) is 7.97. The highest BCUT2D eigenvalue weighted by Gasteiger charge is 2.07. The lowest BCUT2D eigenvalue weighted by atomic mass is 10.0. The molecule has 0 saturated carbocycles. The van der Waals surface area contributed by atoms with Crippen LogP contribution >= 0.6 is 0 Å². The normalized spacial score (nSPS) is 22.6. The number of nitrogens with one attached hydrogen (secondary N) is 1. The maximum atomic E-state index is 3.88. The number of allylic oxidation sites excluding steroid dienone is 1. The third-order valence-corrected chi connectivity index (χ3v) is 2.25. The van der Waals surface area contributed by atoms with E-state index < -0.39 is 0 Å². The molecular formula is C11H19N. The number of rotatable bonds is 4. The first-order chi connectivity index (χ1) is 5.79. The van der Waals surface area contributed by atoms with Gasteiger partial charge in [0.25, 0.3) is 0 Å². The van der Waals surface area contributed by atoms with Crippen molar-refractivity contribution >= 4 is 0 Å². The summed E-state index contributed by atoms with van der Waals surface area (Å²) in [5.74, 6) is 0. The van der Waals surface area contributed by atoms with Gasteiger partial charge in [0.05, 0.1) is 0 Å². The van der Waals surface area contributed by atoms with E-state index in [0.29, 0.717) is 6.04 Å². The van der Waals surface area contributed by atoms with Crippen molar-refractivity contribution in [1.29, 1.82) is 0 Å². The summed E-state index contributed by atoms with van der Waals surface area (Å²) in [5.41, 5.74) is 1.27. The highest BCUT2D eigenvalue weighted by Crippen LogP contribution is 2.10. The van der Waals surface area contributed by atoms with E-state index in [-0.39, 0.29) is 0 Å². The molecule has 68 valence electrons. The van der Waals surface area contributed by atoms with Gasteiger partial charge in [0.1, 0.15) is 0 Å². The second-order valence-corrected chi connectivity index (χ2v) is 3.64. The topological polar surface area (TPSA) is 12.0 Å². The molecule has 0 heterocycles. The Kier molecular flexibility index (Phi) is 4.09. The second kappa shape index (κ2) is 5.15. The van der Waals surface area contributed by atoms with Crippen LogP contribution in [0.2, 0.25) is 0 Å². The van der Waals surface area contributed by atoms with Gasteiger partial charge in [-0.25, -0.2) is 0 Å². The molecule has 0 aromatic rings. The molecule has 1 aliphatic rings. The molecule has 0 aliphatic heterocycles. The average Bonchev–Trinajstić information content (AvgIpc) is 2.05. The summed E-state index contributed by atoms with van der Waals surface area (Å²) in [5, 5.41) is 3.54. The lowest BCUT2D eigenvalue weighted by Crippen LogP contribution is -2.30. The minimum absolute atomic E-state index is 0.717. The van der Waals surface area contributed by atoms with Crippen LogP contribution < -0.4 is 5.32 Å². The first kappa shape index (κ1) is 9.53. The van der Waals surface area contributed by atoms with Gasteiger partial charge in [0.2, 0.25) is 0 Å². The molecule has 0 bridgehead atoms. The summed E-state index contributed by atoms with van der Waals surface area (Å²) >= 11 is 0. The van der Waals surface area contributed by atoms with Crippen molar-refractivity contribution in [3.63, 3.8) is 0 Å². The van der Waals surface area contributed by atoms with Crippen LogP contribution in [-0.4, -0.2) is 12.6 Å². The number of hydrogen-bond donors (Lipinski definition) is 1. The first-order valence-corrected chi connectivity index (χ1v) is 4.82. The Labute approximate surface area is 75.6 Å². The smallest absolute Gasteiger partial charge is 0.0105 e. The molecule has 1 nitrogen and oxygen atoms in total. The molecule has 1 atom stereocenters. The van der Waals surface area contributed by atoms with Gasteiger partial charge in [-0.3, -0.25) is 0 Å². The average molecular weight is 165 g/mol. The summed E-state index contributed by atoms with van der Waals surface area (Å²) in [6, 6.07) is 0.717. The molecule has 0 spiro atoms. The Bertz CT molecular complexity index is 170. The SMILES string of the molecule is C=C(C)CCNC1CC=CCC1. The lowest BCUT2D eigenvalue weighted by molar-refractivity contribution is 0.478. The van der Waals surface area contributed by atoms with Gasteiger partial charge in [-0.15, -0.1) is 6.58 Å². The van der Waals surface area contributed by atoms with Crippen molar-refractivity contribution < 1.29 is 0 Å². The molecule has 0 saturated heterocycles. The fraction of sp³-hybridized carbons (Fsp3) is 0.636. The van der Waals surface area contributed by atoms with E-state index in [9.17, 15) is 0 Å². The summed E-state index contributed by atoms with van der Waals surface area (Å²) < 4.78 is 0. The van der Waals surface area contributed by atoms with Gasteiger partial charge in [-0.2, -0.15) is 0 Å². The number of hydrogen-bond acceptors (Lipinski definition) is 1. The van der Waals surface area contributed by atoms with Crippen LogP contribution in [0.15, 0.2) is 24.3 Å². The summed E-state index contributed by atoms with van der Waals surface area (Å²) in [6.07, 6.45) is 9.41.